The minimum absolute atomic E-state index is 0.171. The van der Waals surface area contributed by atoms with Crippen LogP contribution in [0.2, 0.25) is 0 Å². The summed E-state index contributed by atoms with van der Waals surface area (Å²) in [7, 11) is 0. The molecular weight excluding hydrogens is 247 g/mol. The van der Waals surface area contributed by atoms with Crippen LogP contribution < -0.4 is 0 Å². The Kier molecular flexibility index (Phi) is 5.48. The second-order valence-electron chi connectivity index (χ2n) is 5.34. The number of carbonyl (C=O) groups is 1. The van der Waals surface area contributed by atoms with Gasteiger partial charge in [-0.25, -0.2) is 9.18 Å². The van der Waals surface area contributed by atoms with Gasteiger partial charge in [0.2, 0.25) is 0 Å². The van der Waals surface area contributed by atoms with Crippen LogP contribution in [0.1, 0.15) is 39.4 Å². The maximum absolute atomic E-state index is 12.8. The first kappa shape index (κ1) is 15.6. The Morgan fingerprint density at radius 1 is 1.11 bits per heavy atom. The molecule has 1 atom stereocenters. The highest BCUT2D eigenvalue weighted by molar-refractivity contribution is 5.76. The van der Waals surface area contributed by atoms with Crippen LogP contribution in [0.5, 0.6) is 0 Å². The average molecular weight is 268 g/mol. The van der Waals surface area contributed by atoms with E-state index < -0.39 is 17.9 Å². The fourth-order valence-electron chi connectivity index (χ4n) is 2.02. The van der Waals surface area contributed by atoms with Gasteiger partial charge >= 0.3 is 5.97 Å². The lowest BCUT2D eigenvalue weighted by Crippen LogP contribution is -2.31. The SMILES string of the molecule is CC(C)C(OC(=O)[C@@H](O)c1ccc(F)cc1)C(C)C. The molecule has 1 aromatic rings. The number of carbonyl (C=O) groups excluding carboxylic acids is 1. The monoisotopic (exact) mass is 268 g/mol. The zero-order chi connectivity index (χ0) is 14.6. The van der Waals surface area contributed by atoms with Crippen LogP contribution in [-0.4, -0.2) is 17.2 Å². The molecule has 0 amide bonds. The van der Waals surface area contributed by atoms with Gasteiger partial charge in [-0.1, -0.05) is 39.8 Å². The predicted octanol–water partition coefficient (Wildman–Crippen LogP) is 3.08. The van der Waals surface area contributed by atoms with E-state index in [1.54, 1.807) is 0 Å². The smallest absolute Gasteiger partial charge is 0.339 e. The van der Waals surface area contributed by atoms with Gasteiger partial charge in [0.25, 0.3) is 0 Å². The van der Waals surface area contributed by atoms with E-state index in [1.807, 2.05) is 27.7 Å². The molecule has 0 bridgehead atoms. The van der Waals surface area contributed by atoms with E-state index >= 15 is 0 Å². The average Bonchev–Trinajstić information content (AvgIpc) is 2.34. The molecule has 19 heavy (non-hydrogen) atoms. The standard InChI is InChI=1S/C15H21FO3/c1-9(2)14(10(3)4)19-15(18)13(17)11-5-7-12(16)8-6-11/h5-10,13-14,17H,1-4H3/t13-/m0/s1. The van der Waals surface area contributed by atoms with Crippen LogP contribution in [0.3, 0.4) is 0 Å². The van der Waals surface area contributed by atoms with Crippen LogP contribution in [0.15, 0.2) is 24.3 Å². The van der Waals surface area contributed by atoms with Crippen molar-refractivity contribution >= 4 is 5.97 Å². The number of hydrogen-bond donors (Lipinski definition) is 1. The largest absolute Gasteiger partial charge is 0.460 e. The molecule has 0 aliphatic rings. The van der Waals surface area contributed by atoms with Gasteiger partial charge in [0.1, 0.15) is 11.9 Å². The van der Waals surface area contributed by atoms with Crippen LogP contribution in [0.4, 0.5) is 4.39 Å². The molecule has 0 aromatic heterocycles. The number of ether oxygens (including phenoxy) is 1. The van der Waals surface area contributed by atoms with Crippen molar-refractivity contribution < 1.29 is 19.0 Å². The zero-order valence-electron chi connectivity index (χ0n) is 11.8. The molecule has 0 spiro atoms. The minimum Gasteiger partial charge on any atom is -0.460 e. The Bertz CT molecular complexity index is 404. The molecule has 0 saturated carbocycles. The molecule has 4 heteroatoms. The van der Waals surface area contributed by atoms with Crippen molar-refractivity contribution in [3.05, 3.63) is 35.6 Å². The molecule has 0 fully saturated rings. The molecule has 0 aliphatic heterocycles. The summed E-state index contributed by atoms with van der Waals surface area (Å²) in [5.74, 6) is -0.765. The third kappa shape index (κ3) is 4.31. The van der Waals surface area contributed by atoms with Crippen molar-refractivity contribution in [3.63, 3.8) is 0 Å². The normalized spacial score (nSPS) is 13.1. The van der Waals surface area contributed by atoms with E-state index in [1.165, 1.54) is 24.3 Å². The number of esters is 1. The molecule has 0 radical (unpaired) electrons. The van der Waals surface area contributed by atoms with Crippen molar-refractivity contribution in [2.75, 3.05) is 0 Å². The van der Waals surface area contributed by atoms with Gasteiger partial charge in [0.05, 0.1) is 0 Å². The zero-order valence-corrected chi connectivity index (χ0v) is 11.8. The van der Waals surface area contributed by atoms with Gasteiger partial charge in [-0.2, -0.15) is 0 Å². The quantitative estimate of drug-likeness (QED) is 0.835. The maximum atomic E-state index is 12.8. The summed E-state index contributed by atoms with van der Waals surface area (Å²) in [5.41, 5.74) is 0.331. The van der Waals surface area contributed by atoms with Gasteiger partial charge in [-0.3, -0.25) is 0 Å². The number of rotatable bonds is 5. The molecule has 0 heterocycles. The van der Waals surface area contributed by atoms with Crippen molar-refractivity contribution in [1.29, 1.82) is 0 Å². The fourth-order valence-corrected chi connectivity index (χ4v) is 2.02. The number of hydrogen-bond acceptors (Lipinski definition) is 3. The topological polar surface area (TPSA) is 46.5 Å². The Balaban J connectivity index is 2.74. The summed E-state index contributed by atoms with van der Waals surface area (Å²) >= 11 is 0. The lowest BCUT2D eigenvalue weighted by molar-refractivity contribution is -0.164. The van der Waals surface area contributed by atoms with E-state index in [0.717, 1.165) is 0 Å². The second-order valence-corrected chi connectivity index (χ2v) is 5.34. The first-order chi connectivity index (χ1) is 8.82. The van der Waals surface area contributed by atoms with Gasteiger partial charge in [-0.05, 0) is 29.5 Å². The van der Waals surface area contributed by atoms with Crippen LogP contribution in [0, 0.1) is 17.7 Å². The third-order valence-corrected chi connectivity index (χ3v) is 2.98. The highest BCUT2D eigenvalue weighted by atomic mass is 19.1. The first-order valence-electron chi connectivity index (χ1n) is 6.47. The summed E-state index contributed by atoms with van der Waals surface area (Å²) < 4.78 is 18.1. The molecule has 106 valence electrons. The summed E-state index contributed by atoms with van der Waals surface area (Å²) in [4.78, 5) is 11.9. The van der Waals surface area contributed by atoms with E-state index in [9.17, 15) is 14.3 Å². The number of benzene rings is 1. The highest BCUT2D eigenvalue weighted by Gasteiger charge is 2.26. The van der Waals surface area contributed by atoms with Gasteiger partial charge in [-0.15, -0.1) is 0 Å². The van der Waals surface area contributed by atoms with Crippen LogP contribution in [-0.2, 0) is 9.53 Å². The second kappa shape index (κ2) is 6.66. The first-order valence-corrected chi connectivity index (χ1v) is 6.47. The lowest BCUT2D eigenvalue weighted by atomic mass is 9.96. The molecule has 1 N–H and O–H groups in total. The van der Waals surface area contributed by atoms with Crippen LogP contribution in [0.25, 0.3) is 0 Å². The fraction of sp³-hybridized carbons (Fsp3) is 0.533. The van der Waals surface area contributed by atoms with Gasteiger partial charge < -0.3 is 9.84 Å². The molecule has 3 nitrogen and oxygen atoms in total. The summed E-state index contributed by atoms with van der Waals surface area (Å²) in [5, 5.41) is 9.90. The van der Waals surface area contributed by atoms with E-state index in [4.69, 9.17) is 4.74 Å². The lowest BCUT2D eigenvalue weighted by Gasteiger charge is -2.26. The summed E-state index contributed by atoms with van der Waals surface area (Å²) in [6.07, 6.45) is -1.62. The van der Waals surface area contributed by atoms with Gasteiger partial charge in [0, 0.05) is 0 Å². The summed E-state index contributed by atoms with van der Waals surface area (Å²) in [6, 6.07) is 5.16. The summed E-state index contributed by atoms with van der Waals surface area (Å²) in [6.45, 7) is 7.84. The van der Waals surface area contributed by atoms with E-state index in [2.05, 4.69) is 0 Å². The molecular formula is C15H21FO3. The predicted molar refractivity (Wildman–Crippen MR) is 70.9 cm³/mol. The molecule has 0 aliphatic carbocycles. The molecule has 0 unspecified atom stereocenters. The third-order valence-electron chi connectivity index (χ3n) is 2.98. The van der Waals surface area contributed by atoms with E-state index in [0.29, 0.717) is 5.56 Å². The molecule has 0 saturated heterocycles. The number of halogens is 1. The van der Waals surface area contributed by atoms with Gasteiger partial charge in [0.15, 0.2) is 6.10 Å². The maximum Gasteiger partial charge on any atom is 0.339 e. The Morgan fingerprint density at radius 2 is 1.58 bits per heavy atom. The minimum atomic E-state index is -1.37. The molecule has 1 rings (SSSR count). The number of aliphatic hydroxyl groups is 1. The van der Waals surface area contributed by atoms with Crippen molar-refractivity contribution in [2.45, 2.75) is 39.9 Å². The van der Waals surface area contributed by atoms with Crippen LogP contribution >= 0.6 is 0 Å². The van der Waals surface area contributed by atoms with Crippen molar-refractivity contribution in [3.8, 4) is 0 Å². The van der Waals surface area contributed by atoms with Crippen molar-refractivity contribution in [1.82, 2.24) is 0 Å². The number of aliphatic hydroxyl groups excluding tert-OH is 1. The Labute approximate surface area is 113 Å². The highest BCUT2D eigenvalue weighted by Crippen LogP contribution is 2.21. The molecule has 1 aromatic carbocycles. The van der Waals surface area contributed by atoms with Crippen molar-refractivity contribution in [2.24, 2.45) is 11.8 Å². The Morgan fingerprint density at radius 3 is 2.00 bits per heavy atom. The van der Waals surface area contributed by atoms with E-state index in [-0.39, 0.29) is 17.9 Å². The Hall–Kier alpha value is -1.42.